The predicted octanol–water partition coefficient (Wildman–Crippen LogP) is 2.14. The first-order valence-electron chi connectivity index (χ1n) is 8.23. The molecule has 9 heteroatoms. The summed E-state index contributed by atoms with van der Waals surface area (Å²) < 4.78 is 51.2. The summed E-state index contributed by atoms with van der Waals surface area (Å²) in [6.45, 7) is 6.51. The lowest BCUT2D eigenvalue weighted by atomic mass is 10.00. The fourth-order valence-electron chi connectivity index (χ4n) is 3.13. The largest absolute Gasteiger partial charge is 0.301 e. The zero-order valence-electron chi connectivity index (χ0n) is 14.7. The van der Waals surface area contributed by atoms with Crippen molar-refractivity contribution in [3.8, 4) is 0 Å². The van der Waals surface area contributed by atoms with Crippen molar-refractivity contribution in [3.63, 3.8) is 0 Å². The van der Waals surface area contributed by atoms with Crippen LogP contribution in [-0.4, -0.2) is 53.7 Å². The van der Waals surface area contributed by atoms with Crippen LogP contribution >= 0.6 is 11.6 Å². The summed E-state index contributed by atoms with van der Waals surface area (Å²) in [7, 11) is -7.43. The number of nitrogens with one attached hydrogen (secondary N) is 1. The highest BCUT2D eigenvalue weighted by Crippen LogP contribution is 2.25. The molecule has 2 unspecified atom stereocenters. The van der Waals surface area contributed by atoms with Crippen molar-refractivity contribution in [1.29, 1.82) is 0 Å². The van der Waals surface area contributed by atoms with Crippen LogP contribution < -0.4 is 4.72 Å². The molecule has 0 amide bonds. The number of nitrogens with zero attached hydrogens (tertiary/aromatic N) is 1. The van der Waals surface area contributed by atoms with Gasteiger partial charge in [-0.1, -0.05) is 18.5 Å². The van der Waals surface area contributed by atoms with E-state index >= 15 is 0 Å². The van der Waals surface area contributed by atoms with E-state index in [1.54, 1.807) is 6.92 Å². The molecule has 2 atom stereocenters. The minimum absolute atomic E-state index is 0.00121. The van der Waals surface area contributed by atoms with Crippen molar-refractivity contribution in [2.75, 3.05) is 25.9 Å². The molecule has 0 radical (unpaired) electrons. The van der Waals surface area contributed by atoms with Crippen LogP contribution in [0, 0.1) is 5.92 Å². The molecule has 0 aromatic heterocycles. The highest BCUT2D eigenvalue weighted by molar-refractivity contribution is 7.91. The van der Waals surface area contributed by atoms with E-state index in [0.29, 0.717) is 12.5 Å². The Morgan fingerprint density at radius 3 is 2.60 bits per heavy atom. The van der Waals surface area contributed by atoms with Crippen LogP contribution in [0.4, 0.5) is 0 Å². The molecular weight excluding hydrogens is 384 g/mol. The molecule has 1 aromatic rings. The predicted molar refractivity (Wildman–Crippen MR) is 99.2 cm³/mol. The van der Waals surface area contributed by atoms with E-state index in [4.69, 9.17) is 11.6 Å². The lowest BCUT2D eigenvalue weighted by Crippen LogP contribution is -2.45. The third kappa shape index (κ3) is 5.65. The van der Waals surface area contributed by atoms with Gasteiger partial charge in [0.25, 0.3) is 0 Å². The van der Waals surface area contributed by atoms with Crippen molar-refractivity contribution in [3.05, 3.63) is 23.2 Å². The summed E-state index contributed by atoms with van der Waals surface area (Å²) in [5.41, 5.74) is 0. The zero-order valence-corrected chi connectivity index (χ0v) is 17.1. The number of sulfone groups is 1. The molecule has 142 valence electrons. The first-order chi connectivity index (χ1) is 11.5. The molecule has 1 aromatic carbocycles. The molecule has 1 heterocycles. The van der Waals surface area contributed by atoms with Crippen molar-refractivity contribution >= 4 is 31.5 Å². The SMILES string of the molecule is CC1CCCN(CC(C)NS(=O)(=O)c2cc(S(C)(=O)=O)ccc2Cl)C1. The molecule has 1 aliphatic heterocycles. The van der Waals surface area contributed by atoms with E-state index in [2.05, 4.69) is 16.5 Å². The maximum Gasteiger partial charge on any atom is 0.242 e. The molecule has 0 spiro atoms. The quantitative estimate of drug-likeness (QED) is 0.779. The maximum absolute atomic E-state index is 12.6. The van der Waals surface area contributed by atoms with Crippen molar-refractivity contribution in [1.82, 2.24) is 9.62 Å². The highest BCUT2D eigenvalue weighted by Gasteiger charge is 2.25. The fraction of sp³-hybridized carbons (Fsp3) is 0.625. The molecule has 6 nitrogen and oxygen atoms in total. The lowest BCUT2D eigenvalue weighted by molar-refractivity contribution is 0.174. The van der Waals surface area contributed by atoms with Gasteiger partial charge in [-0.05, 0) is 50.4 Å². The second kappa shape index (κ2) is 7.92. The first kappa shape index (κ1) is 20.6. The lowest BCUT2D eigenvalue weighted by Gasteiger charge is -2.32. The van der Waals surface area contributed by atoms with Crippen LogP contribution in [0.15, 0.2) is 28.0 Å². The number of sulfonamides is 1. The molecule has 25 heavy (non-hydrogen) atoms. The summed E-state index contributed by atoms with van der Waals surface area (Å²) in [5, 5.41) is -0.00121. The molecule has 0 saturated carbocycles. The van der Waals surface area contributed by atoms with Crippen molar-refractivity contribution in [2.24, 2.45) is 5.92 Å². The Hall–Kier alpha value is -0.670. The molecule has 2 rings (SSSR count). The van der Waals surface area contributed by atoms with Crippen LogP contribution in [0.2, 0.25) is 5.02 Å². The molecule has 0 bridgehead atoms. The van der Waals surface area contributed by atoms with Gasteiger partial charge in [0.2, 0.25) is 10.0 Å². The van der Waals surface area contributed by atoms with Crippen LogP contribution in [0.5, 0.6) is 0 Å². The molecule has 1 aliphatic rings. The average Bonchev–Trinajstić information content (AvgIpc) is 2.45. The average molecular weight is 409 g/mol. The molecule has 1 saturated heterocycles. The molecular formula is C16H25ClN2O4S2. The standard InChI is InChI=1S/C16H25ClN2O4S2/c1-12-5-4-8-19(10-12)11-13(2)18-25(22,23)16-9-14(24(3,20)21)6-7-15(16)17/h6-7,9,12-13,18H,4-5,8,10-11H2,1-3H3. The number of benzene rings is 1. The van der Waals surface area contributed by atoms with E-state index in [-0.39, 0.29) is 20.9 Å². The molecule has 1 fully saturated rings. The Bertz CT molecular complexity index is 825. The van der Waals surface area contributed by atoms with Gasteiger partial charge in [-0.2, -0.15) is 0 Å². The monoisotopic (exact) mass is 408 g/mol. The summed E-state index contributed by atoms with van der Waals surface area (Å²) in [6, 6.07) is 3.39. The van der Waals surface area contributed by atoms with Crippen molar-refractivity contribution in [2.45, 2.75) is 42.5 Å². The third-order valence-electron chi connectivity index (χ3n) is 4.25. The van der Waals surface area contributed by atoms with Gasteiger partial charge < -0.3 is 4.90 Å². The Balaban J connectivity index is 2.15. The Kier molecular flexibility index (Phi) is 6.54. The smallest absolute Gasteiger partial charge is 0.242 e. The van der Waals surface area contributed by atoms with Gasteiger partial charge in [-0.25, -0.2) is 21.6 Å². The van der Waals surface area contributed by atoms with Crippen LogP contribution in [-0.2, 0) is 19.9 Å². The minimum atomic E-state index is -3.91. The second-order valence-corrected chi connectivity index (χ2v) is 11.0. The normalized spacial score (nSPS) is 21.2. The minimum Gasteiger partial charge on any atom is -0.301 e. The Morgan fingerprint density at radius 1 is 1.32 bits per heavy atom. The van der Waals surface area contributed by atoms with Gasteiger partial charge in [0, 0.05) is 25.4 Å². The number of halogens is 1. The van der Waals surface area contributed by atoms with Gasteiger partial charge in [0.15, 0.2) is 9.84 Å². The van der Waals surface area contributed by atoms with Crippen molar-refractivity contribution < 1.29 is 16.8 Å². The van der Waals surface area contributed by atoms with Gasteiger partial charge in [-0.3, -0.25) is 0 Å². The Morgan fingerprint density at radius 2 is 2.00 bits per heavy atom. The number of hydrogen-bond donors (Lipinski definition) is 1. The second-order valence-electron chi connectivity index (χ2n) is 6.89. The highest BCUT2D eigenvalue weighted by atomic mass is 35.5. The Labute approximate surface area is 155 Å². The number of likely N-dealkylation sites (tertiary alicyclic amines) is 1. The number of rotatable bonds is 6. The third-order valence-corrected chi connectivity index (χ3v) is 7.43. The van der Waals surface area contributed by atoms with E-state index in [1.165, 1.54) is 18.6 Å². The van der Waals surface area contributed by atoms with Gasteiger partial charge >= 0.3 is 0 Å². The summed E-state index contributed by atoms with van der Waals surface area (Å²) in [5.74, 6) is 0.610. The topological polar surface area (TPSA) is 83.6 Å². The van der Waals surface area contributed by atoms with E-state index in [0.717, 1.165) is 31.8 Å². The summed E-state index contributed by atoms with van der Waals surface area (Å²) in [4.78, 5) is 1.96. The summed E-state index contributed by atoms with van der Waals surface area (Å²) in [6.07, 6.45) is 3.34. The first-order valence-corrected chi connectivity index (χ1v) is 12.0. The number of piperidine rings is 1. The van der Waals surface area contributed by atoms with Crippen LogP contribution in [0.1, 0.15) is 26.7 Å². The number of hydrogen-bond acceptors (Lipinski definition) is 5. The molecule has 0 aliphatic carbocycles. The van der Waals surface area contributed by atoms with Gasteiger partial charge in [0.1, 0.15) is 4.90 Å². The van der Waals surface area contributed by atoms with Gasteiger partial charge in [-0.15, -0.1) is 0 Å². The molecule has 1 N–H and O–H groups in total. The van der Waals surface area contributed by atoms with Crippen LogP contribution in [0.3, 0.4) is 0 Å². The maximum atomic E-state index is 12.6. The zero-order chi connectivity index (χ0) is 18.8. The van der Waals surface area contributed by atoms with E-state index in [1.807, 2.05) is 0 Å². The fourth-order valence-corrected chi connectivity index (χ4v) is 5.61. The van der Waals surface area contributed by atoms with E-state index in [9.17, 15) is 16.8 Å². The summed E-state index contributed by atoms with van der Waals surface area (Å²) >= 11 is 6.00. The van der Waals surface area contributed by atoms with Crippen LogP contribution in [0.25, 0.3) is 0 Å². The van der Waals surface area contributed by atoms with E-state index < -0.39 is 19.9 Å². The van der Waals surface area contributed by atoms with Gasteiger partial charge in [0.05, 0.1) is 9.92 Å².